The van der Waals surface area contributed by atoms with Gasteiger partial charge in [-0.3, -0.25) is 9.67 Å². The van der Waals surface area contributed by atoms with E-state index in [2.05, 4.69) is 68.6 Å². The summed E-state index contributed by atoms with van der Waals surface area (Å²) in [5.74, 6) is 1.78. The molecule has 0 atom stereocenters. The van der Waals surface area contributed by atoms with Crippen molar-refractivity contribution >= 4 is 22.7 Å². The molecule has 1 N–H and O–H groups in total. The smallest absolute Gasteiger partial charge is 0.154 e. The zero-order valence-corrected chi connectivity index (χ0v) is 20.7. The van der Waals surface area contributed by atoms with E-state index in [4.69, 9.17) is 4.98 Å². The maximum absolute atomic E-state index is 4.77. The molecule has 0 bridgehead atoms. The number of nitrogens with one attached hydrogen (secondary N) is 1. The Morgan fingerprint density at radius 2 is 1.77 bits per heavy atom. The third-order valence-corrected chi connectivity index (χ3v) is 6.56. The van der Waals surface area contributed by atoms with Gasteiger partial charge in [0, 0.05) is 56.2 Å². The molecule has 1 aliphatic rings. The molecule has 9 heteroatoms. The minimum Gasteiger partial charge on any atom is -0.323 e. The van der Waals surface area contributed by atoms with Crippen LogP contribution >= 0.6 is 0 Å². The van der Waals surface area contributed by atoms with Crippen molar-refractivity contribution in [2.75, 3.05) is 45.1 Å². The lowest BCUT2D eigenvalue weighted by molar-refractivity contribution is 0.151. The van der Waals surface area contributed by atoms with E-state index in [1.807, 2.05) is 35.3 Å². The second kappa shape index (κ2) is 10.5. The molecular formula is C26H33N9. The number of aromatic nitrogens is 6. The Kier molecular flexibility index (Phi) is 6.96. The molecule has 1 aliphatic heterocycles. The second-order valence-electron chi connectivity index (χ2n) is 9.60. The van der Waals surface area contributed by atoms with Crippen LogP contribution in [0.15, 0.2) is 49.1 Å². The molecule has 5 rings (SSSR count). The Balaban J connectivity index is 1.25. The molecule has 35 heavy (non-hydrogen) atoms. The SMILES string of the molecule is CC(C)c1cnnc(Nc2ccc3ncc(-c4cnn(CCCN5CCN(C)CC5)c4)cc3n2)c1. The van der Waals surface area contributed by atoms with E-state index in [0.717, 1.165) is 73.4 Å². The molecule has 4 aromatic heterocycles. The third-order valence-electron chi connectivity index (χ3n) is 6.56. The van der Waals surface area contributed by atoms with Crippen molar-refractivity contribution in [1.82, 2.24) is 39.7 Å². The summed E-state index contributed by atoms with van der Waals surface area (Å²) in [5, 5.41) is 16.1. The Labute approximate surface area is 206 Å². The van der Waals surface area contributed by atoms with Gasteiger partial charge in [0.05, 0.1) is 23.4 Å². The fourth-order valence-corrected chi connectivity index (χ4v) is 4.29. The van der Waals surface area contributed by atoms with Gasteiger partial charge in [0.1, 0.15) is 5.82 Å². The summed E-state index contributed by atoms with van der Waals surface area (Å²) in [4.78, 5) is 14.3. The molecule has 9 nitrogen and oxygen atoms in total. The number of fused-ring (bicyclic) bond motifs is 1. The van der Waals surface area contributed by atoms with Crippen molar-refractivity contribution in [2.24, 2.45) is 0 Å². The van der Waals surface area contributed by atoms with Crippen LogP contribution in [0.1, 0.15) is 31.7 Å². The highest BCUT2D eigenvalue weighted by Crippen LogP contribution is 2.24. The Morgan fingerprint density at radius 3 is 2.60 bits per heavy atom. The van der Waals surface area contributed by atoms with Gasteiger partial charge in [0.25, 0.3) is 0 Å². The Hall–Kier alpha value is -3.43. The average molecular weight is 472 g/mol. The molecule has 0 unspecified atom stereocenters. The highest BCUT2D eigenvalue weighted by molar-refractivity contribution is 5.81. The summed E-state index contributed by atoms with van der Waals surface area (Å²) in [5.41, 5.74) is 4.86. The quantitative estimate of drug-likeness (QED) is 0.415. The van der Waals surface area contributed by atoms with E-state index in [1.54, 1.807) is 6.20 Å². The van der Waals surface area contributed by atoms with Crippen molar-refractivity contribution in [2.45, 2.75) is 32.7 Å². The fourth-order valence-electron chi connectivity index (χ4n) is 4.29. The molecular weight excluding hydrogens is 438 g/mol. The van der Waals surface area contributed by atoms with Crippen molar-refractivity contribution in [3.05, 3.63) is 54.6 Å². The second-order valence-corrected chi connectivity index (χ2v) is 9.60. The minimum atomic E-state index is 0.384. The molecule has 182 valence electrons. The molecule has 0 aliphatic carbocycles. The van der Waals surface area contributed by atoms with Crippen LogP contribution in [-0.2, 0) is 6.54 Å². The summed E-state index contributed by atoms with van der Waals surface area (Å²) in [6.07, 6.45) is 8.79. The molecule has 4 aromatic rings. The number of aryl methyl sites for hydroxylation is 1. The monoisotopic (exact) mass is 471 g/mol. The van der Waals surface area contributed by atoms with E-state index in [1.165, 1.54) is 0 Å². The molecule has 0 saturated carbocycles. The van der Waals surface area contributed by atoms with Crippen LogP contribution in [0.3, 0.4) is 0 Å². The number of hydrogen-bond donors (Lipinski definition) is 1. The summed E-state index contributed by atoms with van der Waals surface area (Å²) < 4.78 is 2.03. The van der Waals surface area contributed by atoms with Gasteiger partial charge in [0.15, 0.2) is 5.82 Å². The third kappa shape index (κ3) is 5.80. The first-order valence-electron chi connectivity index (χ1n) is 12.3. The Morgan fingerprint density at radius 1 is 0.914 bits per heavy atom. The number of piperazine rings is 1. The molecule has 5 heterocycles. The maximum Gasteiger partial charge on any atom is 0.154 e. The van der Waals surface area contributed by atoms with Gasteiger partial charge in [-0.05, 0) is 55.8 Å². The van der Waals surface area contributed by atoms with Gasteiger partial charge in [0.2, 0.25) is 0 Å². The molecule has 0 spiro atoms. The molecule has 0 radical (unpaired) electrons. The zero-order chi connectivity index (χ0) is 24.2. The van der Waals surface area contributed by atoms with Gasteiger partial charge in [-0.15, -0.1) is 5.10 Å². The highest BCUT2D eigenvalue weighted by Gasteiger charge is 2.13. The van der Waals surface area contributed by atoms with Gasteiger partial charge >= 0.3 is 0 Å². The van der Waals surface area contributed by atoms with Crippen LogP contribution in [0.2, 0.25) is 0 Å². The first-order chi connectivity index (χ1) is 17.0. The minimum absolute atomic E-state index is 0.384. The predicted octanol–water partition coefficient (Wildman–Crippen LogP) is 3.79. The highest BCUT2D eigenvalue weighted by atomic mass is 15.3. The van der Waals surface area contributed by atoms with Crippen molar-refractivity contribution < 1.29 is 0 Å². The van der Waals surface area contributed by atoms with Crippen molar-refractivity contribution in [3.8, 4) is 11.1 Å². The van der Waals surface area contributed by atoms with E-state index in [-0.39, 0.29) is 0 Å². The normalized spacial score (nSPS) is 15.2. The lowest BCUT2D eigenvalue weighted by atomic mass is 10.1. The first-order valence-corrected chi connectivity index (χ1v) is 12.3. The predicted molar refractivity (Wildman–Crippen MR) is 139 cm³/mol. The van der Waals surface area contributed by atoms with Gasteiger partial charge < -0.3 is 15.1 Å². The van der Waals surface area contributed by atoms with Crippen LogP contribution in [-0.4, -0.2) is 79.5 Å². The number of pyridine rings is 2. The van der Waals surface area contributed by atoms with Gasteiger partial charge in [-0.25, -0.2) is 4.98 Å². The summed E-state index contributed by atoms with van der Waals surface area (Å²) in [7, 11) is 2.19. The zero-order valence-electron chi connectivity index (χ0n) is 20.7. The maximum atomic E-state index is 4.77. The molecule has 0 amide bonds. The number of hydrogen-bond acceptors (Lipinski definition) is 8. The molecule has 0 aromatic carbocycles. The van der Waals surface area contributed by atoms with Crippen molar-refractivity contribution in [1.29, 1.82) is 0 Å². The standard InChI is InChI=1S/C26H33N9/c1-19(2)20-14-26(32-28-16-20)31-25-6-5-23-24(30-25)13-21(15-27-23)22-17-29-35(18-22)8-4-7-34-11-9-33(3)10-12-34/h5-6,13-19H,4,7-12H2,1-3H3,(H,30,31,32). The fraction of sp³-hybridized carbons (Fsp3) is 0.423. The average Bonchev–Trinajstić information content (AvgIpc) is 3.34. The largest absolute Gasteiger partial charge is 0.323 e. The van der Waals surface area contributed by atoms with Crippen molar-refractivity contribution in [3.63, 3.8) is 0 Å². The summed E-state index contributed by atoms with van der Waals surface area (Å²) in [6, 6.07) is 7.96. The van der Waals surface area contributed by atoms with Crippen LogP contribution in [0.4, 0.5) is 11.6 Å². The van der Waals surface area contributed by atoms with Gasteiger partial charge in [-0.1, -0.05) is 13.8 Å². The summed E-state index contributed by atoms with van der Waals surface area (Å²) in [6.45, 7) is 10.9. The summed E-state index contributed by atoms with van der Waals surface area (Å²) >= 11 is 0. The van der Waals surface area contributed by atoms with E-state index >= 15 is 0 Å². The van der Waals surface area contributed by atoms with Crippen LogP contribution in [0, 0.1) is 0 Å². The lowest BCUT2D eigenvalue weighted by Gasteiger charge is -2.32. The number of rotatable bonds is 8. The van der Waals surface area contributed by atoms with Crippen LogP contribution in [0.5, 0.6) is 0 Å². The topological polar surface area (TPSA) is 87.9 Å². The number of anilines is 2. The lowest BCUT2D eigenvalue weighted by Crippen LogP contribution is -2.44. The Bertz CT molecular complexity index is 1270. The van der Waals surface area contributed by atoms with Gasteiger partial charge in [-0.2, -0.15) is 10.2 Å². The number of likely N-dealkylation sites (N-methyl/N-ethyl adjacent to an activating group) is 1. The van der Waals surface area contributed by atoms with Crippen LogP contribution in [0.25, 0.3) is 22.2 Å². The first kappa shape index (κ1) is 23.3. The number of nitrogens with zero attached hydrogens (tertiary/aromatic N) is 8. The van der Waals surface area contributed by atoms with E-state index < -0.39 is 0 Å². The van der Waals surface area contributed by atoms with E-state index in [0.29, 0.717) is 17.6 Å². The molecule has 1 saturated heterocycles. The van der Waals surface area contributed by atoms with Crippen LogP contribution < -0.4 is 5.32 Å². The molecule has 1 fully saturated rings. The van der Waals surface area contributed by atoms with E-state index in [9.17, 15) is 0 Å².